The zero-order chi connectivity index (χ0) is 11.2. The van der Waals surface area contributed by atoms with Crippen LogP contribution in [0.4, 0.5) is 4.39 Å². The van der Waals surface area contributed by atoms with Crippen molar-refractivity contribution in [1.82, 2.24) is 0 Å². The molecule has 0 aliphatic heterocycles. The summed E-state index contributed by atoms with van der Waals surface area (Å²) in [4.78, 5) is 0.999. The molecular weight excluding hydrogens is 221 g/mol. The maximum Gasteiger partial charge on any atom is 0.123 e. The molecule has 0 atom stereocenters. The Hall–Kier alpha value is -1.01. The van der Waals surface area contributed by atoms with E-state index >= 15 is 0 Å². The highest BCUT2D eigenvalue weighted by Gasteiger charge is 2.61. The molecule has 0 N–H and O–H groups in total. The van der Waals surface area contributed by atoms with Gasteiger partial charge in [-0.1, -0.05) is 0 Å². The van der Waals surface area contributed by atoms with Crippen LogP contribution in [0.25, 0.3) is 0 Å². The first kappa shape index (κ1) is 10.2. The fraction of sp³-hybridized carbons (Fsp3) is 0.462. The minimum atomic E-state index is -0.242. The molecule has 1 aromatic carbocycles. The lowest BCUT2D eigenvalue weighted by Crippen LogP contribution is -2.40. The largest absolute Gasteiger partial charge is 0.207 e. The Morgan fingerprint density at radius 2 is 1.81 bits per heavy atom. The van der Waals surface area contributed by atoms with Gasteiger partial charge in [-0.3, -0.25) is 0 Å². The average Bonchev–Trinajstić information content (AvgIpc) is 3.00. The first-order valence-corrected chi connectivity index (χ1v) is 6.33. The summed E-state index contributed by atoms with van der Waals surface area (Å²) in [6, 6.07) is 8.88. The summed E-state index contributed by atoms with van der Waals surface area (Å²) < 4.78 is 12.5. The molecule has 0 unspecified atom stereocenters. The van der Waals surface area contributed by atoms with Gasteiger partial charge < -0.3 is 0 Å². The van der Waals surface area contributed by atoms with Gasteiger partial charge in [0.25, 0.3) is 0 Å². The van der Waals surface area contributed by atoms with E-state index in [9.17, 15) is 9.65 Å². The highest BCUT2D eigenvalue weighted by Crippen LogP contribution is 2.69. The van der Waals surface area contributed by atoms with E-state index in [1.54, 1.807) is 23.9 Å². The minimum Gasteiger partial charge on any atom is -0.207 e. The second-order valence-corrected chi connectivity index (χ2v) is 6.47. The molecule has 3 heteroatoms. The van der Waals surface area contributed by atoms with Gasteiger partial charge in [-0.15, -0.1) is 11.8 Å². The first-order chi connectivity index (χ1) is 7.65. The van der Waals surface area contributed by atoms with E-state index in [-0.39, 0.29) is 10.6 Å². The summed E-state index contributed by atoms with van der Waals surface area (Å²) in [5, 5.41) is 9.27. The smallest absolute Gasteiger partial charge is 0.123 e. The molecule has 0 bridgehead atoms. The summed E-state index contributed by atoms with van der Waals surface area (Å²) >= 11 is 1.60. The number of rotatable bonds is 2. The second-order valence-electron chi connectivity index (χ2n) is 5.02. The van der Waals surface area contributed by atoms with E-state index in [0.717, 1.165) is 17.7 Å². The zero-order valence-corrected chi connectivity index (χ0v) is 9.69. The van der Waals surface area contributed by atoms with Crippen molar-refractivity contribution in [2.75, 3.05) is 0 Å². The maximum atomic E-state index is 12.8. The van der Waals surface area contributed by atoms with Gasteiger partial charge in [-0.05, 0) is 55.4 Å². The summed E-state index contributed by atoms with van der Waals surface area (Å²) in [6.07, 6.45) is 4.61. The Labute approximate surface area is 98.7 Å². The van der Waals surface area contributed by atoms with E-state index in [2.05, 4.69) is 6.07 Å². The molecule has 16 heavy (non-hydrogen) atoms. The third-order valence-electron chi connectivity index (χ3n) is 3.61. The molecule has 2 saturated carbocycles. The lowest BCUT2D eigenvalue weighted by atomic mass is 9.72. The molecule has 1 nitrogen and oxygen atoms in total. The predicted octanol–water partition coefficient (Wildman–Crippen LogP) is 3.75. The summed E-state index contributed by atoms with van der Waals surface area (Å²) in [7, 11) is 0. The predicted molar refractivity (Wildman–Crippen MR) is 61.5 cm³/mol. The lowest BCUT2D eigenvalue weighted by molar-refractivity contribution is 0.251. The molecule has 1 aromatic rings. The fourth-order valence-corrected chi connectivity index (χ4v) is 4.12. The maximum absolute atomic E-state index is 12.8. The van der Waals surface area contributed by atoms with Crippen LogP contribution in [-0.2, 0) is 0 Å². The third kappa shape index (κ3) is 1.62. The minimum absolute atomic E-state index is 0.220. The van der Waals surface area contributed by atoms with Crippen LogP contribution < -0.4 is 0 Å². The molecule has 2 fully saturated rings. The van der Waals surface area contributed by atoms with Crippen molar-refractivity contribution in [3.8, 4) is 6.07 Å². The number of halogens is 1. The molecule has 0 aromatic heterocycles. The normalized spacial score (nSPS) is 23.5. The number of hydrogen-bond donors (Lipinski definition) is 0. The van der Waals surface area contributed by atoms with E-state index in [0.29, 0.717) is 5.41 Å². The van der Waals surface area contributed by atoms with Crippen LogP contribution in [0.5, 0.6) is 0 Å². The Bertz CT molecular complexity index is 448. The van der Waals surface area contributed by atoms with Crippen molar-refractivity contribution in [3.05, 3.63) is 30.1 Å². The highest BCUT2D eigenvalue weighted by molar-refractivity contribution is 8.01. The molecule has 0 saturated heterocycles. The van der Waals surface area contributed by atoms with E-state index in [4.69, 9.17) is 0 Å². The molecule has 2 aliphatic carbocycles. The number of nitrogens with zero attached hydrogens (tertiary/aromatic N) is 1. The molecule has 0 radical (unpaired) electrons. The van der Waals surface area contributed by atoms with Crippen LogP contribution >= 0.6 is 11.8 Å². The van der Waals surface area contributed by atoms with Crippen molar-refractivity contribution in [3.63, 3.8) is 0 Å². The van der Waals surface area contributed by atoms with Gasteiger partial charge in [-0.25, -0.2) is 4.39 Å². The van der Waals surface area contributed by atoms with Crippen LogP contribution in [0, 0.1) is 22.6 Å². The second kappa shape index (κ2) is 3.24. The monoisotopic (exact) mass is 233 g/mol. The van der Waals surface area contributed by atoms with Gasteiger partial charge >= 0.3 is 0 Å². The van der Waals surface area contributed by atoms with Crippen LogP contribution in [0.1, 0.15) is 25.7 Å². The first-order valence-electron chi connectivity index (χ1n) is 5.51. The lowest BCUT2D eigenvalue weighted by Gasteiger charge is -2.42. The average molecular weight is 233 g/mol. The molecule has 0 amide bonds. The standard InChI is InChI=1S/C13H12FNS/c14-10-1-3-11(4-2-10)16-13(9-15)7-12(8-13)5-6-12/h1-4H,5-8H2. The molecule has 3 rings (SSSR count). The van der Waals surface area contributed by atoms with E-state index in [1.165, 1.54) is 25.0 Å². The van der Waals surface area contributed by atoms with Crippen molar-refractivity contribution in [2.45, 2.75) is 35.3 Å². The molecule has 0 heterocycles. The quantitative estimate of drug-likeness (QED) is 0.776. The Morgan fingerprint density at radius 3 is 2.31 bits per heavy atom. The third-order valence-corrected chi connectivity index (χ3v) is 4.89. The molecule has 1 spiro atoms. The van der Waals surface area contributed by atoms with Crippen LogP contribution in [0.15, 0.2) is 29.2 Å². The fourth-order valence-electron chi connectivity index (χ4n) is 2.59. The van der Waals surface area contributed by atoms with Gasteiger partial charge in [0.15, 0.2) is 0 Å². The molecular formula is C13H12FNS. The van der Waals surface area contributed by atoms with Crippen molar-refractivity contribution >= 4 is 11.8 Å². The number of nitriles is 1. The van der Waals surface area contributed by atoms with Crippen molar-refractivity contribution < 1.29 is 4.39 Å². The zero-order valence-electron chi connectivity index (χ0n) is 8.87. The Morgan fingerprint density at radius 1 is 1.19 bits per heavy atom. The van der Waals surface area contributed by atoms with Crippen LogP contribution in [-0.4, -0.2) is 4.75 Å². The van der Waals surface area contributed by atoms with Crippen molar-refractivity contribution in [1.29, 1.82) is 5.26 Å². The van der Waals surface area contributed by atoms with Crippen LogP contribution in [0.3, 0.4) is 0 Å². The van der Waals surface area contributed by atoms with Gasteiger partial charge in [-0.2, -0.15) is 5.26 Å². The summed E-state index contributed by atoms with van der Waals surface area (Å²) in [5.41, 5.74) is 0.517. The number of benzene rings is 1. The van der Waals surface area contributed by atoms with Gasteiger partial charge in [0, 0.05) is 4.90 Å². The van der Waals surface area contributed by atoms with Gasteiger partial charge in [0.2, 0.25) is 0 Å². The topological polar surface area (TPSA) is 23.8 Å². The summed E-state index contributed by atoms with van der Waals surface area (Å²) in [6.45, 7) is 0. The van der Waals surface area contributed by atoms with E-state index in [1.807, 2.05) is 0 Å². The van der Waals surface area contributed by atoms with Gasteiger partial charge in [0.1, 0.15) is 10.6 Å². The molecule has 2 aliphatic rings. The number of thioether (sulfide) groups is 1. The van der Waals surface area contributed by atoms with Crippen molar-refractivity contribution in [2.24, 2.45) is 5.41 Å². The van der Waals surface area contributed by atoms with Gasteiger partial charge in [0.05, 0.1) is 6.07 Å². The van der Waals surface area contributed by atoms with E-state index < -0.39 is 0 Å². The Balaban J connectivity index is 1.74. The Kier molecular flexibility index (Phi) is 2.06. The highest BCUT2D eigenvalue weighted by atomic mass is 32.2. The van der Waals surface area contributed by atoms with Crippen LogP contribution in [0.2, 0.25) is 0 Å². The SMILES string of the molecule is N#CC1(Sc2ccc(F)cc2)CC2(CC2)C1. The summed E-state index contributed by atoms with van der Waals surface area (Å²) in [5.74, 6) is -0.220. The number of hydrogen-bond acceptors (Lipinski definition) is 2. The molecule has 82 valence electrons.